The number of sulfonamides is 1. The fraction of sp³-hybridized carbons (Fsp3) is 0.385. The first kappa shape index (κ1) is 24.0. The summed E-state index contributed by atoms with van der Waals surface area (Å²) in [5, 5.41) is 3.98. The second-order valence-corrected chi connectivity index (χ2v) is 12.3. The predicted octanol–water partition coefficient (Wildman–Crippen LogP) is 3.08. The number of rotatable bonds is 4. The summed E-state index contributed by atoms with van der Waals surface area (Å²) in [7, 11) is 0.551. The van der Waals surface area contributed by atoms with Crippen LogP contribution >= 0.6 is 11.3 Å². The van der Waals surface area contributed by atoms with Gasteiger partial charge < -0.3 is 4.90 Å². The van der Waals surface area contributed by atoms with Gasteiger partial charge in [-0.15, -0.1) is 11.3 Å². The summed E-state index contributed by atoms with van der Waals surface area (Å²) in [6.07, 6.45) is 1.12. The van der Waals surface area contributed by atoms with E-state index in [0.29, 0.717) is 36.0 Å². The Bertz CT molecular complexity index is 1420. The molecule has 0 bridgehead atoms. The minimum Gasteiger partial charge on any atom is -0.335 e. The number of hydrogen-bond donors (Lipinski definition) is 0. The monoisotopic (exact) mass is 511 g/mol. The number of carbonyl (C=O) groups excluding carboxylic acids is 1. The summed E-state index contributed by atoms with van der Waals surface area (Å²) >= 11 is 1.46. The number of thiophene rings is 1. The zero-order valence-corrected chi connectivity index (χ0v) is 22.0. The Balaban J connectivity index is 1.28. The van der Waals surface area contributed by atoms with Crippen LogP contribution in [0.2, 0.25) is 0 Å². The van der Waals surface area contributed by atoms with Crippen molar-refractivity contribution in [2.45, 2.75) is 18.2 Å². The Labute approximate surface area is 210 Å². The first-order chi connectivity index (χ1) is 16.7. The van der Waals surface area contributed by atoms with Gasteiger partial charge in [0.15, 0.2) is 0 Å². The Morgan fingerprint density at radius 3 is 2.43 bits per heavy atom. The third-order valence-electron chi connectivity index (χ3n) is 6.91. The highest BCUT2D eigenvalue weighted by atomic mass is 32.2. The lowest BCUT2D eigenvalue weighted by Gasteiger charge is -2.33. The molecule has 35 heavy (non-hydrogen) atoms. The topological polar surface area (TPSA) is 63.9 Å². The van der Waals surface area contributed by atoms with Gasteiger partial charge in [-0.3, -0.25) is 14.3 Å². The molecular weight excluding hydrogens is 480 g/mol. The number of fused-ring (bicyclic) bond motifs is 1. The highest BCUT2D eigenvalue weighted by molar-refractivity contribution is 7.89. The number of hydrogen-bond acceptors (Lipinski definition) is 5. The van der Waals surface area contributed by atoms with Gasteiger partial charge in [-0.25, -0.2) is 8.42 Å². The van der Waals surface area contributed by atoms with Crippen molar-refractivity contribution in [1.29, 1.82) is 0 Å². The molecule has 5 rings (SSSR count). The predicted molar refractivity (Wildman–Crippen MR) is 140 cm³/mol. The molecule has 2 aliphatic rings. The molecule has 3 aromatic rings. The molecule has 1 saturated heterocycles. The largest absolute Gasteiger partial charge is 0.335 e. The van der Waals surface area contributed by atoms with E-state index in [9.17, 15) is 13.2 Å². The van der Waals surface area contributed by atoms with Crippen LogP contribution in [-0.2, 0) is 10.0 Å². The molecule has 0 atom stereocenters. The van der Waals surface area contributed by atoms with Crippen LogP contribution in [0.5, 0.6) is 0 Å². The average molecular weight is 512 g/mol. The maximum atomic E-state index is 13.3. The van der Waals surface area contributed by atoms with Gasteiger partial charge in [0.25, 0.3) is 11.7 Å². The van der Waals surface area contributed by atoms with Crippen molar-refractivity contribution in [1.82, 2.24) is 14.1 Å². The minimum atomic E-state index is -3.62. The number of amidine groups is 1. The second kappa shape index (κ2) is 9.37. The van der Waals surface area contributed by atoms with Gasteiger partial charge in [-0.1, -0.05) is 29.8 Å². The molecule has 3 heterocycles. The summed E-state index contributed by atoms with van der Waals surface area (Å²) in [6.45, 7) is 5.39. The van der Waals surface area contributed by atoms with Crippen LogP contribution in [0.15, 0.2) is 52.7 Å². The molecule has 1 amide bonds. The summed E-state index contributed by atoms with van der Waals surface area (Å²) in [6, 6.07) is 13.3. The van der Waals surface area contributed by atoms with Gasteiger partial charge in [0.2, 0.25) is 10.0 Å². The number of piperazine rings is 1. The quantitative estimate of drug-likeness (QED) is 0.505. The smallest absolute Gasteiger partial charge is 0.279 e. The van der Waals surface area contributed by atoms with Crippen LogP contribution < -0.4 is 0 Å². The Hall–Kier alpha value is -2.75. The van der Waals surface area contributed by atoms with Crippen LogP contribution in [0, 0.1) is 6.92 Å². The van der Waals surface area contributed by atoms with E-state index in [2.05, 4.69) is 29.6 Å². The molecule has 9 heteroatoms. The van der Waals surface area contributed by atoms with Crippen molar-refractivity contribution in [2.24, 2.45) is 0 Å². The standard InChI is InChI=1S/C26H31N4O3S2/c1-19-5-6-21-16-23(8-7-20(21)15-19)35(32,33)30-13-11-29(12-14-30)26(31)24-17-22(18-34-24)25-27(2)9-4-10-28(25)3/h5-8,15-18H,4,9-14H2,1-3H3/q+1. The molecule has 2 aliphatic heterocycles. The lowest BCUT2D eigenvalue weighted by Crippen LogP contribution is -2.50. The molecule has 1 aromatic heterocycles. The van der Waals surface area contributed by atoms with Crippen molar-refractivity contribution in [3.8, 4) is 0 Å². The van der Waals surface area contributed by atoms with Gasteiger partial charge >= 0.3 is 0 Å². The van der Waals surface area contributed by atoms with Crippen LogP contribution in [0.1, 0.15) is 27.2 Å². The average Bonchev–Trinajstić information content (AvgIpc) is 3.33. The van der Waals surface area contributed by atoms with Gasteiger partial charge in [0, 0.05) is 38.0 Å². The maximum Gasteiger partial charge on any atom is 0.279 e. The number of amides is 1. The first-order valence-corrected chi connectivity index (χ1v) is 14.2. The highest BCUT2D eigenvalue weighted by Gasteiger charge is 2.32. The number of benzene rings is 2. The van der Waals surface area contributed by atoms with Gasteiger partial charge in [0.1, 0.15) is 0 Å². The molecule has 0 spiro atoms. The van der Waals surface area contributed by atoms with Crippen molar-refractivity contribution < 1.29 is 17.8 Å². The van der Waals surface area contributed by atoms with E-state index in [-0.39, 0.29) is 5.91 Å². The van der Waals surface area contributed by atoms with E-state index in [1.807, 2.05) is 36.6 Å². The van der Waals surface area contributed by atoms with E-state index in [1.165, 1.54) is 15.6 Å². The molecule has 0 aliphatic carbocycles. The Morgan fingerprint density at radius 2 is 1.69 bits per heavy atom. The number of carbonyl (C=O) groups is 1. The maximum absolute atomic E-state index is 13.3. The lowest BCUT2D eigenvalue weighted by molar-refractivity contribution is -0.507. The minimum absolute atomic E-state index is 0.0268. The summed E-state index contributed by atoms with van der Waals surface area (Å²) < 4.78 is 30.3. The molecule has 1 fully saturated rings. The van der Waals surface area contributed by atoms with E-state index in [1.54, 1.807) is 17.0 Å². The molecule has 2 aromatic carbocycles. The van der Waals surface area contributed by atoms with Crippen LogP contribution in [-0.4, -0.2) is 92.2 Å². The third kappa shape index (κ3) is 4.60. The second-order valence-electron chi connectivity index (χ2n) is 9.43. The fourth-order valence-corrected chi connectivity index (χ4v) is 7.31. The van der Waals surface area contributed by atoms with E-state index in [0.717, 1.165) is 47.2 Å². The zero-order chi connectivity index (χ0) is 24.7. The number of aryl methyl sites for hydroxylation is 1. The Kier molecular flexibility index (Phi) is 6.41. The molecule has 0 unspecified atom stereocenters. The zero-order valence-electron chi connectivity index (χ0n) is 20.4. The van der Waals surface area contributed by atoms with Crippen LogP contribution in [0.4, 0.5) is 0 Å². The fourth-order valence-electron chi connectivity index (χ4n) is 4.99. The normalized spacial score (nSPS) is 17.9. The number of nitrogens with zero attached hydrogens (tertiary/aromatic N) is 4. The van der Waals surface area contributed by atoms with Gasteiger partial charge in [0.05, 0.1) is 42.5 Å². The molecule has 7 nitrogen and oxygen atoms in total. The first-order valence-electron chi connectivity index (χ1n) is 11.9. The van der Waals surface area contributed by atoms with Gasteiger partial charge in [-0.2, -0.15) is 4.31 Å². The van der Waals surface area contributed by atoms with E-state index >= 15 is 0 Å². The van der Waals surface area contributed by atoms with Crippen molar-refractivity contribution in [3.05, 3.63) is 63.8 Å². The van der Waals surface area contributed by atoms with Crippen molar-refractivity contribution >= 4 is 43.9 Å². The SMILES string of the molecule is Cc1ccc2cc(S(=O)(=O)N3CCN(C(=O)c4cc(C5=[N+](C)CCCN5C)cs4)CC3)ccc2c1. The molecule has 0 N–H and O–H groups in total. The lowest BCUT2D eigenvalue weighted by atomic mass is 10.1. The molecule has 0 radical (unpaired) electrons. The third-order valence-corrected chi connectivity index (χ3v) is 9.72. The van der Waals surface area contributed by atoms with Crippen molar-refractivity contribution in [3.63, 3.8) is 0 Å². The highest BCUT2D eigenvalue weighted by Crippen LogP contribution is 2.25. The Morgan fingerprint density at radius 1 is 0.971 bits per heavy atom. The molecule has 0 saturated carbocycles. The van der Waals surface area contributed by atoms with Crippen LogP contribution in [0.25, 0.3) is 10.8 Å². The molecule has 184 valence electrons. The van der Waals surface area contributed by atoms with E-state index < -0.39 is 10.0 Å². The summed E-state index contributed by atoms with van der Waals surface area (Å²) in [5.41, 5.74) is 2.21. The van der Waals surface area contributed by atoms with Crippen molar-refractivity contribution in [2.75, 3.05) is 53.4 Å². The summed E-state index contributed by atoms with van der Waals surface area (Å²) in [4.78, 5) is 18.2. The van der Waals surface area contributed by atoms with Crippen LogP contribution in [0.3, 0.4) is 0 Å². The van der Waals surface area contributed by atoms with E-state index in [4.69, 9.17) is 0 Å². The summed E-state index contributed by atoms with van der Waals surface area (Å²) in [5.74, 6) is 1.12. The molecular formula is C26H31N4O3S2+. The van der Waals surface area contributed by atoms with Gasteiger partial charge in [-0.05, 0) is 35.9 Å².